The second-order valence-electron chi connectivity index (χ2n) is 4.88. The van der Waals surface area contributed by atoms with E-state index in [4.69, 9.17) is 9.47 Å². The minimum Gasteiger partial charge on any atom is -0.493 e. The number of hydrogen-bond donors (Lipinski definition) is 1. The molecule has 0 atom stereocenters. The zero-order valence-corrected chi connectivity index (χ0v) is 11.5. The minimum absolute atomic E-state index is 0.679. The predicted octanol–water partition coefficient (Wildman–Crippen LogP) is 2.79. The zero-order chi connectivity index (χ0) is 13.6. The summed E-state index contributed by atoms with van der Waals surface area (Å²) in [5, 5.41) is 3.40. The van der Waals surface area contributed by atoms with Gasteiger partial charge >= 0.3 is 0 Å². The van der Waals surface area contributed by atoms with Gasteiger partial charge in [-0.05, 0) is 29.3 Å². The van der Waals surface area contributed by atoms with Gasteiger partial charge in [-0.3, -0.25) is 0 Å². The molecule has 2 aromatic rings. The molecular weight excluding hydrogens is 250 g/mol. The number of benzene rings is 2. The van der Waals surface area contributed by atoms with Gasteiger partial charge in [0.05, 0.1) is 6.61 Å². The third-order valence-electron chi connectivity index (χ3n) is 3.37. The van der Waals surface area contributed by atoms with Crippen LogP contribution in [0.15, 0.2) is 48.5 Å². The Morgan fingerprint density at radius 3 is 2.90 bits per heavy atom. The molecule has 0 fully saturated rings. The van der Waals surface area contributed by atoms with Gasteiger partial charge in [-0.2, -0.15) is 0 Å². The Labute approximate surface area is 119 Å². The average molecular weight is 269 g/mol. The largest absolute Gasteiger partial charge is 0.493 e. The lowest BCUT2D eigenvalue weighted by atomic mass is 10.1. The molecule has 3 heteroatoms. The van der Waals surface area contributed by atoms with Crippen molar-refractivity contribution >= 4 is 0 Å². The van der Waals surface area contributed by atoms with E-state index in [-0.39, 0.29) is 0 Å². The normalized spacial score (nSPS) is 12.8. The van der Waals surface area contributed by atoms with Gasteiger partial charge in [0, 0.05) is 19.5 Å². The van der Waals surface area contributed by atoms with Crippen molar-refractivity contribution in [3.63, 3.8) is 0 Å². The highest BCUT2D eigenvalue weighted by Gasteiger charge is 2.11. The van der Waals surface area contributed by atoms with Crippen LogP contribution < -0.4 is 14.8 Å². The van der Waals surface area contributed by atoms with Gasteiger partial charge < -0.3 is 14.8 Å². The number of ether oxygens (including phenoxy) is 2. The van der Waals surface area contributed by atoms with Crippen molar-refractivity contribution in [2.24, 2.45) is 0 Å². The summed E-state index contributed by atoms with van der Waals surface area (Å²) in [7, 11) is 0. The van der Waals surface area contributed by atoms with Crippen LogP contribution in [0.25, 0.3) is 0 Å². The first-order chi connectivity index (χ1) is 9.92. The Bertz CT molecular complexity index is 554. The maximum atomic E-state index is 5.64. The molecule has 1 aliphatic rings. The Kier molecular flexibility index (Phi) is 4.19. The van der Waals surface area contributed by atoms with E-state index in [2.05, 4.69) is 23.5 Å². The number of para-hydroxylation sites is 1. The van der Waals surface area contributed by atoms with Crippen LogP contribution in [0.3, 0.4) is 0 Å². The van der Waals surface area contributed by atoms with Gasteiger partial charge in [0.2, 0.25) is 0 Å². The number of rotatable bonds is 6. The molecule has 3 nitrogen and oxygen atoms in total. The molecule has 3 rings (SSSR count). The molecule has 0 amide bonds. The SMILES string of the molecule is c1ccc(OCCNCc2ccc3c(c2)CCO3)cc1. The monoisotopic (exact) mass is 269 g/mol. The van der Waals surface area contributed by atoms with Crippen molar-refractivity contribution in [2.45, 2.75) is 13.0 Å². The van der Waals surface area contributed by atoms with Gasteiger partial charge in [-0.25, -0.2) is 0 Å². The third-order valence-corrected chi connectivity index (χ3v) is 3.37. The summed E-state index contributed by atoms with van der Waals surface area (Å²) in [5.41, 5.74) is 2.62. The second-order valence-corrected chi connectivity index (χ2v) is 4.88. The third kappa shape index (κ3) is 3.31. The van der Waals surface area contributed by atoms with Crippen LogP contribution in [0.2, 0.25) is 0 Å². The molecule has 0 saturated heterocycles. The molecule has 0 bridgehead atoms. The molecule has 20 heavy (non-hydrogen) atoms. The molecule has 0 radical (unpaired) electrons. The van der Waals surface area contributed by atoms with Crippen LogP contribution in [0, 0.1) is 0 Å². The fourth-order valence-corrected chi connectivity index (χ4v) is 2.34. The fraction of sp³-hybridized carbons (Fsp3) is 0.294. The van der Waals surface area contributed by atoms with Gasteiger partial charge in [-0.15, -0.1) is 0 Å². The summed E-state index contributed by atoms with van der Waals surface area (Å²) < 4.78 is 11.1. The van der Waals surface area contributed by atoms with Crippen LogP contribution in [0.4, 0.5) is 0 Å². The van der Waals surface area contributed by atoms with Crippen molar-refractivity contribution in [1.82, 2.24) is 5.32 Å². The molecule has 1 heterocycles. The summed E-state index contributed by atoms with van der Waals surface area (Å²) in [5.74, 6) is 1.96. The first-order valence-corrected chi connectivity index (χ1v) is 7.05. The van der Waals surface area contributed by atoms with Crippen LogP contribution in [-0.2, 0) is 13.0 Å². The minimum atomic E-state index is 0.679. The topological polar surface area (TPSA) is 30.5 Å². The molecule has 104 valence electrons. The molecule has 0 aromatic heterocycles. The van der Waals surface area contributed by atoms with E-state index in [1.807, 2.05) is 30.3 Å². The fourth-order valence-electron chi connectivity index (χ4n) is 2.34. The second kappa shape index (κ2) is 6.44. The van der Waals surface area contributed by atoms with Crippen molar-refractivity contribution in [3.05, 3.63) is 59.7 Å². The van der Waals surface area contributed by atoms with E-state index in [0.29, 0.717) is 6.61 Å². The highest BCUT2D eigenvalue weighted by molar-refractivity contribution is 5.39. The highest BCUT2D eigenvalue weighted by atomic mass is 16.5. The molecule has 1 N–H and O–H groups in total. The van der Waals surface area contributed by atoms with Crippen molar-refractivity contribution < 1.29 is 9.47 Å². The average Bonchev–Trinajstić information content (AvgIpc) is 2.95. The molecular formula is C17H19NO2. The molecule has 0 unspecified atom stereocenters. The van der Waals surface area contributed by atoms with Gasteiger partial charge in [0.15, 0.2) is 0 Å². The molecule has 0 aliphatic carbocycles. The summed E-state index contributed by atoms with van der Waals surface area (Å²) in [6.45, 7) is 3.20. The van der Waals surface area contributed by atoms with E-state index < -0.39 is 0 Å². The maximum Gasteiger partial charge on any atom is 0.122 e. The first-order valence-electron chi connectivity index (χ1n) is 7.05. The van der Waals surface area contributed by atoms with Crippen LogP contribution in [-0.4, -0.2) is 19.8 Å². The Morgan fingerprint density at radius 1 is 1.10 bits per heavy atom. The van der Waals surface area contributed by atoms with E-state index >= 15 is 0 Å². The highest BCUT2D eigenvalue weighted by Crippen LogP contribution is 2.25. The van der Waals surface area contributed by atoms with Gasteiger partial charge in [0.25, 0.3) is 0 Å². The van der Waals surface area contributed by atoms with E-state index in [0.717, 1.165) is 37.6 Å². The van der Waals surface area contributed by atoms with Crippen LogP contribution in [0.5, 0.6) is 11.5 Å². The quantitative estimate of drug-likeness (QED) is 0.818. The summed E-state index contributed by atoms with van der Waals surface area (Å²) in [4.78, 5) is 0. The maximum absolute atomic E-state index is 5.64. The van der Waals surface area contributed by atoms with Gasteiger partial charge in [0.1, 0.15) is 18.1 Å². The van der Waals surface area contributed by atoms with Crippen molar-refractivity contribution in [3.8, 4) is 11.5 Å². The van der Waals surface area contributed by atoms with E-state index in [1.54, 1.807) is 0 Å². The predicted molar refractivity (Wildman–Crippen MR) is 79.3 cm³/mol. The van der Waals surface area contributed by atoms with E-state index in [1.165, 1.54) is 11.1 Å². The number of hydrogen-bond acceptors (Lipinski definition) is 3. The molecule has 0 saturated carbocycles. The van der Waals surface area contributed by atoms with Crippen LogP contribution in [0.1, 0.15) is 11.1 Å². The Balaban J connectivity index is 1.40. The lowest BCUT2D eigenvalue weighted by Crippen LogP contribution is -2.20. The molecule has 2 aromatic carbocycles. The zero-order valence-electron chi connectivity index (χ0n) is 11.5. The lowest BCUT2D eigenvalue weighted by Gasteiger charge is -2.08. The summed E-state index contributed by atoms with van der Waals surface area (Å²) >= 11 is 0. The molecule has 0 spiro atoms. The number of fused-ring (bicyclic) bond motifs is 1. The van der Waals surface area contributed by atoms with E-state index in [9.17, 15) is 0 Å². The smallest absolute Gasteiger partial charge is 0.122 e. The summed E-state index contributed by atoms with van der Waals surface area (Å²) in [6, 6.07) is 16.3. The van der Waals surface area contributed by atoms with Crippen molar-refractivity contribution in [1.29, 1.82) is 0 Å². The Morgan fingerprint density at radius 2 is 2.00 bits per heavy atom. The lowest BCUT2D eigenvalue weighted by molar-refractivity contribution is 0.313. The summed E-state index contributed by atoms with van der Waals surface area (Å²) in [6.07, 6.45) is 1.03. The standard InChI is InChI=1S/C17H19NO2/c1-2-4-16(5-3-1)19-11-9-18-13-14-6-7-17-15(12-14)8-10-20-17/h1-7,12,18H,8-11,13H2. The van der Waals surface area contributed by atoms with Crippen molar-refractivity contribution in [2.75, 3.05) is 19.8 Å². The van der Waals surface area contributed by atoms with Crippen LogP contribution >= 0.6 is 0 Å². The Hall–Kier alpha value is -2.00. The van der Waals surface area contributed by atoms with Gasteiger partial charge in [-0.1, -0.05) is 30.3 Å². The number of nitrogens with one attached hydrogen (secondary N) is 1. The molecule has 1 aliphatic heterocycles. The first kappa shape index (κ1) is 13.0.